The molecule has 0 fully saturated rings. The summed E-state index contributed by atoms with van der Waals surface area (Å²) >= 11 is 12.2. The van der Waals surface area contributed by atoms with Crippen molar-refractivity contribution in [3.63, 3.8) is 0 Å². The Bertz CT molecular complexity index is 1300. The first-order valence-electron chi connectivity index (χ1n) is 10.1. The predicted molar refractivity (Wildman–Crippen MR) is 125 cm³/mol. The van der Waals surface area contributed by atoms with E-state index in [2.05, 4.69) is 10.4 Å². The molecule has 0 saturated carbocycles. The highest BCUT2D eigenvalue weighted by atomic mass is 35.5. The van der Waals surface area contributed by atoms with E-state index in [9.17, 15) is 9.18 Å². The number of aromatic nitrogens is 2. The van der Waals surface area contributed by atoms with Gasteiger partial charge in [0.05, 0.1) is 28.6 Å². The van der Waals surface area contributed by atoms with Crippen LogP contribution in [0.15, 0.2) is 59.0 Å². The van der Waals surface area contributed by atoms with Crippen LogP contribution in [0.5, 0.6) is 5.75 Å². The van der Waals surface area contributed by atoms with E-state index < -0.39 is 11.7 Å². The molecule has 4 aromatic rings. The third kappa shape index (κ3) is 5.05. The van der Waals surface area contributed by atoms with Crippen LogP contribution in [0.4, 0.5) is 10.1 Å². The molecule has 170 valence electrons. The Morgan fingerprint density at radius 2 is 1.85 bits per heavy atom. The van der Waals surface area contributed by atoms with Gasteiger partial charge in [0.15, 0.2) is 5.76 Å². The number of carbonyl (C=O) groups is 1. The van der Waals surface area contributed by atoms with Gasteiger partial charge in [0.2, 0.25) is 0 Å². The summed E-state index contributed by atoms with van der Waals surface area (Å²) in [7, 11) is 0. The summed E-state index contributed by atoms with van der Waals surface area (Å²) in [4.78, 5) is 12.8. The zero-order chi connectivity index (χ0) is 23.5. The average molecular weight is 488 g/mol. The number of anilines is 1. The Hall–Kier alpha value is -3.29. The number of ether oxygens (including phenoxy) is 1. The molecule has 33 heavy (non-hydrogen) atoms. The van der Waals surface area contributed by atoms with Crippen LogP contribution in [0.3, 0.4) is 0 Å². The van der Waals surface area contributed by atoms with Gasteiger partial charge in [-0.2, -0.15) is 5.10 Å². The molecule has 6 nitrogen and oxygen atoms in total. The maximum absolute atomic E-state index is 14.2. The topological polar surface area (TPSA) is 69.3 Å². The van der Waals surface area contributed by atoms with Gasteiger partial charge in [-0.1, -0.05) is 41.4 Å². The summed E-state index contributed by atoms with van der Waals surface area (Å²) in [5.41, 5.74) is 2.10. The van der Waals surface area contributed by atoms with Crippen LogP contribution >= 0.6 is 23.2 Å². The molecule has 0 unspecified atom stereocenters. The van der Waals surface area contributed by atoms with Crippen molar-refractivity contribution in [2.45, 2.75) is 27.0 Å². The Kier molecular flexibility index (Phi) is 6.72. The lowest BCUT2D eigenvalue weighted by Gasteiger charge is -2.09. The lowest BCUT2D eigenvalue weighted by molar-refractivity contribution is 0.0992. The molecule has 0 spiro atoms. The summed E-state index contributed by atoms with van der Waals surface area (Å²) in [5, 5.41) is 8.05. The number of nitrogens with one attached hydrogen (secondary N) is 1. The molecule has 0 saturated heterocycles. The number of hydrogen-bond donors (Lipinski definition) is 1. The van der Waals surface area contributed by atoms with Gasteiger partial charge in [-0.25, -0.2) is 4.39 Å². The minimum atomic E-state index is -0.436. The number of carbonyl (C=O) groups excluding carboxylic acids is 1. The van der Waals surface area contributed by atoms with Crippen LogP contribution in [0.1, 0.15) is 33.3 Å². The smallest absolute Gasteiger partial charge is 0.291 e. The molecule has 0 aliphatic carbocycles. The van der Waals surface area contributed by atoms with E-state index in [0.29, 0.717) is 44.2 Å². The quantitative estimate of drug-likeness (QED) is 0.326. The van der Waals surface area contributed by atoms with E-state index in [4.69, 9.17) is 32.4 Å². The van der Waals surface area contributed by atoms with E-state index in [1.54, 1.807) is 54.9 Å². The molecule has 0 aliphatic heterocycles. The number of aryl methyl sites for hydroxylation is 1. The molecule has 2 aromatic carbocycles. The number of nitrogens with zero attached hydrogens (tertiary/aromatic N) is 2. The molecule has 0 radical (unpaired) electrons. The van der Waals surface area contributed by atoms with Crippen LogP contribution in [-0.2, 0) is 13.2 Å². The second kappa shape index (κ2) is 9.68. The van der Waals surface area contributed by atoms with Gasteiger partial charge in [0.1, 0.15) is 23.9 Å². The number of para-hydroxylation sites is 1. The molecule has 2 aromatic heterocycles. The molecule has 0 atom stereocenters. The molecular weight excluding hydrogens is 468 g/mol. The first-order valence-corrected chi connectivity index (χ1v) is 10.8. The van der Waals surface area contributed by atoms with Crippen molar-refractivity contribution in [1.82, 2.24) is 9.78 Å². The molecular formula is C24H20Cl2FN3O3. The Balaban J connectivity index is 1.45. The number of halogens is 3. The number of hydrogen-bond acceptors (Lipinski definition) is 4. The molecule has 1 N–H and O–H groups in total. The van der Waals surface area contributed by atoms with E-state index in [1.165, 1.54) is 6.07 Å². The largest absolute Gasteiger partial charge is 0.484 e. The van der Waals surface area contributed by atoms with Gasteiger partial charge in [0, 0.05) is 10.6 Å². The molecule has 9 heteroatoms. The Morgan fingerprint density at radius 3 is 2.61 bits per heavy atom. The molecule has 4 rings (SSSR count). The first-order chi connectivity index (χ1) is 15.8. The van der Waals surface area contributed by atoms with Crippen molar-refractivity contribution < 1.29 is 18.3 Å². The maximum atomic E-state index is 14.2. The fourth-order valence-corrected chi connectivity index (χ4v) is 3.74. The highest BCUT2D eigenvalue weighted by molar-refractivity contribution is 6.32. The average Bonchev–Trinajstić information content (AvgIpc) is 3.36. The second-order valence-corrected chi connectivity index (χ2v) is 8.16. The maximum Gasteiger partial charge on any atom is 0.291 e. The molecule has 2 heterocycles. The Labute approximate surface area is 199 Å². The van der Waals surface area contributed by atoms with Crippen molar-refractivity contribution >= 4 is 34.8 Å². The first kappa shape index (κ1) is 22.9. The van der Waals surface area contributed by atoms with Gasteiger partial charge >= 0.3 is 0 Å². The van der Waals surface area contributed by atoms with E-state index in [0.717, 1.165) is 0 Å². The van der Waals surface area contributed by atoms with Gasteiger partial charge in [-0.3, -0.25) is 9.48 Å². The number of benzene rings is 2. The fraction of sp³-hybridized carbons (Fsp3) is 0.167. The standard InChI is InChI=1S/C24H20Cl2FN3O3/c1-14-23(15(2)30(29-14)12-17-18(25)7-5-8-20(17)27)28-24(31)22-11-10-16(33-22)13-32-21-9-4-3-6-19(21)26/h3-11H,12-13H2,1-2H3,(H,28,31). The highest BCUT2D eigenvalue weighted by Crippen LogP contribution is 2.26. The normalized spacial score (nSPS) is 10.9. The number of rotatable bonds is 7. The summed E-state index contributed by atoms with van der Waals surface area (Å²) < 4.78 is 27.0. The SMILES string of the molecule is Cc1nn(Cc2c(F)cccc2Cl)c(C)c1NC(=O)c1ccc(COc2ccccc2Cl)o1. The van der Waals surface area contributed by atoms with Crippen molar-refractivity contribution in [2.75, 3.05) is 5.32 Å². The fourth-order valence-electron chi connectivity index (χ4n) is 3.33. The zero-order valence-electron chi connectivity index (χ0n) is 17.9. The number of furan rings is 1. The van der Waals surface area contributed by atoms with Crippen LogP contribution in [0.25, 0.3) is 0 Å². The van der Waals surface area contributed by atoms with Crippen LogP contribution in [-0.4, -0.2) is 15.7 Å². The highest BCUT2D eigenvalue weighted by Gasteiger charge is 2.19. The van der Waals surface area contributed by atoms with Crippen molar-refractivity contribution in [1.29, 1.82) is 0 Å². The summed E-state index contributed by atoms with van der Waals surface area (Å²) in [5.74, 6) is 0.265. The van der Waals surface area contributed by atoms with Gasteiger partial charge in [-0.05, 0) is 50.2 Å². The molecule has 0 bridgehead atoms. The van der Waals surface area contributed by atoms with Crippen molar-refractivity contribution in [3.05, 3.63) is 98.9 Å². The minimum Gasteiger partial charge on any atom is -0.484 e. The van der Waals surface area contributed by atoms with Crippen molar-refractivity contribution in [3.8, 4) is 5.75 Å². The lowest BCUT2D eigenvalue weighted by Crippen LogP contribution is -2.13. The second-order valence-electron chi connectivity index (χ2n) is 7.34. The minimum absolute atomic E-state index is 0.121. The summed E-state index contributed by atoms with van der Waals surface area (Å²) in [6.45, 7) is 3.80. The van der Waals surface area contributed by atoms with Gasteiger partial charge in [-0.15, -0.1) is 0 Å². The van der Waals surface area contributed by atoms with Crippen LogP contribution in [0, 0.1) is 19.7 Å². The van der Waals surface area contributed by atoms with E-state index in [1.807, 2.05) is 12.1 Å². The van der Waals surface area contributed by atoms with Crippen LogP contribution in [0.2, 0.25) is 10.0 Å². The van der Waals surface area contributed by atoms with Crippen LogP contribution < -0.4 is 10.1 Å². The Morgan fingerprint density at radius 1 is 1.09 bits per heavy atom. The third-order valence-corrected chi connectivity index (χ3v) is 5.75. The molecule has 0 aliphatic rings. The zero-order valence-corrected chi connectivity index (χ0v) is 19.4. The van der Waals surface area contributed by atoms with E-state index >= 15 is 0 Å². The van der Waals surface area contributed by atoms with Gasteiger partial charge < -0.3 is 14.5 Å². The predicted octanol–water partition coefficient (Wildman–Crippen LogP) is 6.42. The third-order valence-electron chi connectivity index (χ3n) is 5.08. The van der Waals surface area contributed by atoms with E-state index in [-0.39, 0.29) is 18.9 Å². The summed E-state index contributed by atoms with van der Waals surface area (Å²) in [6, 6.07) is 14.8. The van der Waals surface area contributed by atoms with Gasteiger partial charge in [0.25, 0.3) is 5.91 Å². The van der Waals surface area contributed by atoms with Crippen molar-refractivity contribution in [2.24, 2.45) is 0 Å². The lowest BCUT2D eigenvalue weighted by atomic mass is 10.2. The molecule has 1 amide bonds. The number of amides is 1. The summed E-state index contributed by atoms with van der Waals surface area (Å²) in [6.07, 6.45) is 0. The monoisotopic (exact) mass is 487 g/mol.